The summed E-state index contributed by atoms with van der Waals surface area (Å²) in [5.74, 6) is -0.177. The SMILES string of the molecule is CN1CCN(S(=O)(=O)c2ccc(NC(=O)/C=C/c3ccc(N4CCCC4=O)cc3)cc2)CC1. The van der Waals surface area contributed by atoms with E-state index in [0.717, 1.165) is 24.2 Å². The second kappa shape index (κ2) is 9.86. The molecule has 0 aromatic heterocycles. The molecule has 0 unspecified atom stereocenters. The molecule has 33 heavy (non-hydrogen) atoms. The molecule has 0 atom stereocenters. The van der Waals surface area contributed by atoms with Gasteiger partial charge in [-0.25, -0.2) is 8.42 Å². The molecule has 1 N–H and O–H groups in total. The summed E-state index contributed by atoms with van der Waals surface area (Å²) in [6, 6.07) is 13.7. The lowest BCUT2D eigenvalue weighted by atomic mass is 10.2. The molecule has 0 saturated carbocycles. The smallest absolute Gasteiger partial charge is 0.248 e. The van der Waals surface area contributed by atoms with Gasteiger partial charge in [-0.3, -0.25) is 9.59 Å². The fourth-order valence-corrected chi connectivity index (χ4v) is 5.35. The average Bonchev–Trinajstić information content (AvgIpc) is 3.24. The van der Waals surface area contributed by atoms with E-state index in [1.54, 1.807) is 23.1 Å². The first-order valence-electron chi connectivity index (χ1n) is 11.0. The van der Waals surface area contributed by atoms with E-state index in [0.29, 0.717) is 38.3 Å². The van der Waals surface area contributed by atoms with Gasteiger partial charge in [0.15, 0.2) is 0 Å². The first kappa shape index (κ1) is 23.2. The molecule has 2 aromatic rings. The molecule has 0 spiro atoms. The van der Waals surface area contributed by atoms with Crippen LogP contribution in [0, 0.1) is 0 Å². The Morgan fingerprint density at radius 3 is 2.21 bits per heavy atom. The topological polar surface area (TPSA) is 90.0 Å². The zero-order valence-electron chi connectivity index (χ0n) is 18.6. The number of nitrogens with zero attached hydrogens (tertiary/aromatic N) is 3. The van der Waals surface area contributed by atoms with Gasteiger partial charge in [0.05, 0.1) is 4.90 Å². The Morgan fingerprint density at radius 2 is 1.61 bits per heavy atom. The number of amides is 2. The summed E-state index contributed by atoms with van der Waals surface area (Å²) < 4.78 is 27.1. The summed E-state index contributed by atoms with van der Waals surface area (Å²) in [6.45, 7) is 3.10. The molecular weight excluding hydrogens is 440 g/mol. The van der Waals surface area contributed by atoms with Gasteiger partial charge in [0, 0.05) is 56.6 Å². The number of piperazine rings is 1. The maximum absolute atomic E-state index is 12.8. The second-order valence-corrected chi connectivity index (χ2v) is 10.2. The molecule has 2 aliphatic heterocycles. The van der Waals surface area contributed by atoms with Gasteiger partial charge in [0.2, 0.25) is 21.8 Å². The quantitative estimate of drug-likeness (QED) is 0.658. The molecule has 0 bridgehead atoms. The predicted octanol–water partition coefficient (Wildman–Crippen LogP) is 2.40. The predicted molar refractivity (Wildman–Crippen MR) is 128 cm³/mol. The molecule has 2 heterocycles. The van der Waals surface area contributed by atoms with Gasteiger partial charge >= 0.3 is 0 Å². The van der Waals surface area contributed by atoms with E-state index in [4.69, 9.17) is 0 Å². The zero-order chi connectivity index (χ0) is 23.4. The van der Waals surface area contributed by atoms with Crippen LogP contribution in [0.25, 0.3) is 6.08 Å². The third kappa shape index (κ3) is 5.50. The molecule has 0 radical (unpaired) electrons. The summed E-state index contributed by atoms with van der Waals surface area (Å²) in [5.41, 5.74) is 2.23. The van der Waals surface area contributed by atoms with Crippen LogP contribution in [0.5, 0.6) is 0 Å². The first-order valence-corrected chi connectivity index (χ1v) is 12.5. The van der Waals surface area contributed by atoms with E-state index in [2.05, 4.69) is 10.2 Å². The van der Waals surface area contributed by atoms with Crippen LogP contribution in [0.3, 0.4) is 0 Å². The lowest BCUT2D eigenvalue weighted by Crippen LogP contribution is -2.46. The molecule has 2 saturated heterocycles. The fourth-order valence-electron chi connectivity index (χ4n) is 3.93. The standard InChI is InChI=1S/C24H28N4O4S/c1-26-15-17-27(18-16-26)33(31,32)22-11-7-20(8-12-22)25-23(29)13-6-19-4-9-21(10-5-19)28-14-2-3-24(28)30/h4-13H,2-3,14-18H2,1H3,(H,25,29)/b13-6+. The van der Waals surface area contributed by atoms with Crippen molar-refractivity contribution < 1.29 is 18.0 Å². The Kier molecular flexibility index (Phi) is 6.92. The summed E-state index contributed by atoms with van der Waals surface area (Å²) >= 11 is 0. The van der Waals surface area contributed by atoms with Gasteiger partial charge in [-0.05, 0) is 61.5 Å². The van der Waals surface area contributed by atoms with E-state index in [-0.39, 0.29) is 16.7 Å². The number of rotatable bonds is 6. The molecule has 8 nitrogen and oxygen atoms in total. The van der Waals surface area contributed by atoms with Crippen molar-refractivity contribution in [2.24, 2.45) is 0 Å². The Balaban J connectivity index is 1.34. The number of likely N-dealkylation sites (N-methyl/N-ethyl adjacent to an activating group) is 1. The van der Waals surface area contributed by atoms with Gasteiger partial charge in [-0.2, -0.15) is 4.31 Å². The summed E-state index contributed by atoms with van der Waals surface area (Å²) in [7, 11) is -1.56. The van der Waals surface area contributed by atoms with Crippen molar-refractivity contribution >= 4 is 39.3 Å². The molecule has 2 fully saturated rings. The molecule has 9 heteroatoms. The molecule has 2 amide bonds. The van der Waals surface area contributed by atoms with Crippen molar-refractivity contribution in [3.8, 4) is 0 Å². The number of carbonyl (C=O) groups is 2. The van der Waals surface area contributed by atoms with Crippen LogP contribution < -0.4 is 10.2 Å². The van der Waals surface area contributed by atoms with Gasteiger partial charge in [0.25, 0.3) is 0 Å². The Bertz CT molecular complexity index is 1140. The maximum atomic E-state index is 12.8. The van der Waals surface area contributed by atoms with Crippen molar-refractivity contribution in [3.05, 3.63) is 60.2 Å². The van der Waals surface area contributed by atoms with Gasteiger partial charge in [-0.1, -0.05) is 12.1 Å². The van der Waals surface area contributed by atoms with E-state index in [9.17, 15) is 18.0 Å². The van der Waals surface area contributed by atoms with Crippen LogP contribution in [0.4, 0.5) is 11.4 Å². The van der Waals surface area contributed by atoms with Crippen LogP contribution in [0.2, 0.25) is 0 Å². The van der Waals surface area contributed by atoms with Gasteiger partial charge in [0.1, 0.15) is 0 Å². The number of anilines is 2. The largest absolute Gasteiger partial charge is 0.323 e. The van der Waals surface area contributed by atoms with Crippen LogP contribution in [-0.2, 0) is 19.6 Å². The highest BCUT2D eigenvalue weighted by molar-refractivity contribution is 7.89. The van der Waals surface area contributed by atoms with Crippen molar-refractivity contribution in [3.63, 3.8) is 0 Å². The maximum Gasteiger partial charge on any atom is 0.248 e. The minimum absolute atomic E-state index is 0.139. The molecule has 174 valence electrons. The van der Waals surface area contributed by atoms with Crippen LogP contribution >= 0.6 is 0 Å². The normalized spacial score (nSPS) is 18.2. The third-order valence-electron chi connectivity index (χ3n) is 5.93. The van der Waals surface area contributed by atoms with Crippen molar-refractivity contribution in [2.75, 3.05) is 50.0 Å². The number of hydrogen-bond donors (Lipinski definition) is 1. The minimum Gasteiger partial charge on any atom is -0.323 e. The highest BCUT2D eigenvalue weighted by atomic mass is 32.2. The highest BCUT2D eigenvalue weighted by Crippen LogP contribution is 2.22. The summed E-state index contributed by atoms with van der Waals surface area (Å²) in [5, 5.41) is 2.74. The Hall–Kier alpha value is -3.01. The number of hydrogen-bond acceptors (Lipinski definition) is 5. The van der Waals surface area contributed by atoms with Crippen LogP contribution in [0.1, 0.15) is 18.4 Å². The number of benzene rings is 2. The van der Waals surface area contributed by atoms with Crippen molar-refractivity contribution in [1.29, 1.82) is 0 Å². The Morgan fingerprint density at radius 1 is 0.939 bits per heavy atom. The van der Waals surface area contributed by atoms with E-state index in [1.807, 2.05) is 31.3 Å². The van der Waals surface area contributed by atoms with Gasteiger partial charge < -0.3 is 15.1 Å². The average molecular weight is 469 g/mol. The third-order valence-corrected chi connectivity index (χ3v) is 7.84. The van der Waals surface area contributed by atoms with Gasteiger partial charge in [-0.15, -0.1) is 0 Å². The Labute approximate surface area is 194 Å². The second-order valence-electron chi connectivity index (χ2n) is 8.29. The highest BCUT2D eigenvalue weighted by Gasteiger charge is 2.27. The van der Waals surface area contributed by atoms with Crippen molar-refractivity contribution in [2.45, 2.75) is 17.7 Å². The zero-order valence-corrected chi connectivity index (χ0v) is 19.4. The number of nitrogens with one attached hydrogen (secondary N) is 1. The van der Waals surface area contributed by atoms with Crippen LogP contribution in [-0.4, -0.2) is 69.2 Å². The molecule has 2 aliphatic rings. The summed E-state index contributed by atoms with van der Waals surface area (Å²) in [4.78, 5) is 28.2. The lowest BCUT2D eigenvalue weighted by molar-refractivity contribution is -0.117. The summed E-state index contributed by atoms with van der Waals surface area (Å²) in [6.07, 6.45) is 4.58. The van der Waals surface area contributed by atoms with E-state index >= 15 is 0 Å². The first-order chi connectivity index (χ1) is 15.8. The van der Waals surface area contributed by atoms with Crippen LogP contribution in [0.15, 0.2) is 59.5 Å². The number of carbonyl (C=O) groups excluding carboxylic acids is 2. The monoisotopic (exact) mass is 468 g/mol. The molecule has 0 aliphatic carbocycles. The fraction of sp³-hybridized carbons (Fsp3) is 0.333. The lowest BCUT2D eigenvalue weighted by Gasteiger charge is -2.31. The molecule has 4 rings (SSSR count). The molecule has 2 aromatic carbocycles. The molecular formula is C24H28N4O4S. The van der Waals surface area contributed by atoms with E-state index in [1.165, 1.54) is 22.5 Å². The number of sulfonamides is 1. The minimum atomic E-state index is -3.53. The van der Waals surface area contributed by atoms with Crippen molar-refractivity contribution in [1.82, 2.24) is 9.21 Å². The van der Waals surface area contributed by atoms with E-state index < -0.39 is 10.0 Å².